The maximum absolute atomic E-state index is 10.6. The molecule has 1 nitrogen and oxygen atoms in total. The second-order valence-electron chi connectivity index (χ2n) is 2.34. The van der Waals surface area contributed by atoms with Crippen LogP contribution in [-0.2, 0) is 4.79 Å². The summed E-state index contributed by atoms with van der Waals surface area (Å²) in [6, 6.07) is 0. The van der Waals surface area contributed by atoms with Crippen LogP contribution >= 0.6 is 11.6 Å². The topological polar surface area (TPSA) is 17.1 Å². The normalized spacial score (nSPS) is 13.9. The highest BCUT2D eigenvalue weighted by Gasteiger charge is 1.93. The Morgan fingerprint density at radius 1 is 1.70 bits per heavy atom. The molecule has 0 aromatic rings. The van der Waals surface area contributed by atoms with Gasteiger partial charge < -0.3 is 0 Å². The van der Waals surface area contributed by atoms with Crippen molar-refractivity contribution in [1.29, 1.82) is 0 Å². The van der Waals surface area contributed by atoms with E-state index in [4.69, 9.17) is 11.6 Å². The van der Waals surface area contributed by atoms with Crippen molar-refractivity contribution in [1.82, 2.24) is 0 Å². The molecule has 0 amide bonds. The summed E-state index contributed by atoms with van der Waals surface area (Å²) >= 11 is 5.28. The summed E-state index contributed by atoms with van der Waals surface area (Å²) in [7, 11) is 0. The summed E-state index contributed by atoms with van der Waals surface area (Å²) in [6.07, 6.45) is 4.51. The third-order valence-corrected chi connectivity index (χ3v) is 1.65. The highest BCUT2D eigenvalue weighted by Crippen LogP contribution is 2.01. The van der Waals surface area contributed by atoms with Gasteiger partial charge in [-0.15, -0.1) is 11.6 Å². The van der Waals surface area contributed by atoms with Gasteiger partial charge in [0.2, 0.25) is 0 Å². The summed E-state index contributed by atoms with van der Waals surface area (Å²) in [5.41, 5.74) is 0. The van der Waals surface area contributed by atoms with Crippen molar-refractivity contribution in [3.05, 3.63) is 12.2 Å². The predicted molar refractivity (Wildman–Crippen MR) is 44.3 cm³/mol. The number of carbonyl (C=O) groups excluding carboxylic acids is 1. The minimum Gasteiger partial charge on any atom is -0.294 e. The van der Waals surface area contributed by atoms with Gasteiger partial charge in [-0.3, -0.25) is 4.79 Å². The molecule has 0 radical (unpaired) electrons. The summed E-state index contributed by atoms with van der Waals surface area (Å²) in [5, 5.41) is 0. The molecule has 0 saturated carbocycles. The van der Waals surface area contributed by atoms with Crippen molar-refractivity contribution in [2.45, 2.75) is 20.3 Å². The van der Waals surface area contributed by atoms with E-state index in [1.807, 2.05) is 6.08 Å². The van der Waals surface area contributed by atoms with Crippen molar-refractivity contribution in [3.8, 4) is 0 Å². The lowest BCUT2D eigenvalue weighted by Gasteiger charge is -1.97. The van der Waals surface area contributed by atoms with Gasteiger partial charge in [0.25, 0.3) is 0 Å². The van der Waals surface area contributed by atoms with Crippen molar-refractivity contribution in [3.63, 3.8) is 0 Å². The first-order valence-corrected chi connectivity index (χ1v) is 4.01. The van der Waals surface area contributed by atoms with E-state index in [0.29, 0.717) is 5.92 Å². The first kappa shape index (κ1) is 9.70. The second kappa shape index (κ2) is 5.48. The zero-order chi connectivity index (χ0) is 7.98. The molecule has 0 spiro atoms. The number of ketones is 1. The van der Waals surface area contributed by atoms with Gasteiger partial charge in [-0.25, -0.2) is 0 Å². The van der Waals surface area contributed by atoms with Gasteiger partial charge in [0, 0.05) is 0 Å². The third-order valence-electron chi connectivity index (χ3n) is 1.39. The molecule has 0 bridgehead atoms. The first-order valence-electron chi connectivity index (χ1n) is 3.47. The first-order chi connectivity index (χ1) is 4.70. The Kier molecular flexibility index (Phi) is 5.32. The monoisotopic (exact) mass is 160 g/mol. The fourth-order valence-electron chi connectivity index (χ4n) is 0.452. The van der Waals surface area contributed by atoms with Crippen LogP contribution < -0.4 is 0 Å². The number of hydrogen-bond donors (Lipinski definition) is 0. The van der Waals surface area contributed by atoms with Gasteiger partial charge in [-0.05, 0) is 12.0 Å². The maximum atomic E-state index is 10.6. The average molecular weight is 161 g/mol. The largest absolute Gasteiger partial charge is 0.294 e. The van der Waals surface area contributed by atoms with Crippen LogP contribution in [0.15, 0.2) is 12.2 Å². The molecule has 0 aliphatic heterocycles. The molecule has 0 N–H and O–H groups in total. The van der Waals surface area contributed by atoms with E-state index >= 15 is 0 Å². The van der Waals surface area contributed by atoms with Gasteiger partial charge in [0.15, 0.2) is 5.78 Å². The molecule has 2 heteroatoms. The van der Waals surface area contributed by atoms with E-state index in [1.54, 1.807) is 6.08 Å². The summed E-state index contributed by atoms with van der Waals surface area (Å²) in [5.74, 6) is 0.557. The van der Waals surface area contributed by atoms with Gasteiger partial charge in [-0.2, -0.15) is 0 Å². The van der Waals surface area contributed by atoms with Crippen LogP contribution in [0.1, 0.15) is 20.3 Å². The van der Waals surface area contributed by atoms with Crippen LogP contribution in [0.4, 0.5) is 0 Å². The molecular weight excluding hydrogens is 148 g/mol. The van der Waals surface area contributed by atoms with E-state index < -0.39 is 0 Å². The summed E-state index contributed by atoms with van der Waals surface area (Å²) < 4.78 is 0. The van der Waals surface area contributed by atoms with E-state index in [2.05, 4.69) is 13.8 Å². The van der Waals surface area contributed by atoms with Crippen molar-refractivity contribution in [2.24, 2.45) is 5.92 Å². The Labute approximate surface area is 67.1 Å². The van der Waals surface area contributed by atoms with Crippen LogP contribution in [-0.4, -0.2) is 11.7 Å². The van der Waals surface area contributed by atoms with Crippen LogP contribution in [0.25, 0.3) is 0 Å². The van der Waals surface area contributed by atoms with Gasteiger partial charge >= 0.3 is 0 Å². The minimum atomic E-state index is -0.0121. The maximum Gasteiger partial charge on any atom is 0.170 e. The highest BCUT2D eigenvalue weighted by molar-refractivity contribution is 6.29. The molecule has 0 aromatic carbocycles. The number of carbonyl (C=O) groups is 1. The molecule has 10 heavy (non-hydrogen) atoms. The number of halogens is 1. The fraction of sp³-hybridized carbons (Fsp3) is 0.625. The minimum absolute atomic E-state index is 0.0121. The molecule has 0 unspecified atom stereocenters. The lowest BCUT2D eigenvalue weighted by Crippen LogP contribution is -1.94. The lowest BCUT2D eigenvalue weighted by molar-refractivity contribution is -0.112. The lowest BCUT2D eigenvalue weighted by atomic mass is 10.1. The smallest absolute Gasteiger partial charge is 0.170 e. The van der Waals surface area contributed by atoms with Crippen LogP contribution in [0.5, 0.6) is 0 Å². The van der Waals surface area contributed by atoms with E-state index in [1.165, 1.54) is 0 Å². The highest BCUT2D eigenvalue weighted by atomic mass is 35.5. The molecule has 0 heterocycles. The average Bonchev–Trinajstić information content (AvgIpc) is 1.99. The number of alkyl halides is 1. The molecule has 58 valence electrons. The third kappa shape index (κ3) is 4.57. The zero-order valence-electron chi connectivity index (χ0n) is 6.43. The predicted octanol–water partition coefficient (Wildman–Crippen LogP) is 2.40. The molecule has 0 aliphatic carbocycles. The molecule has 0 aliphatic rings. The van der Waals surface area contributed by atoms with E-state index in [0.717, 1.165) is 6.42 Å². The van der Waals surface area contributed by atoms with E-state index in [-0.39, 0.29) is 11.7 Å². The Balaban J connectivity index is 3.63. The van der Waals surface area contributed by atoms with Gasteiger partial charge in [0.1, 0.15) is 0 Å². The Morgan fingerprint density at radius 3 is 2.70 bits per heavy atom. The van der Waals surface area contributed by atoms with Gasteiger partial charge in [0.05, 0.1) is 5.88 Å². The molecule has 0 fully saturated rings. The Morgan fingerprint density at radius 2 is 2.30 bits per heavy atom. The molecule has 0 aromatic heterocycles. The number of rotatable bonds is 4. The number of allylic oxidation sites excluding steroid dienone is 2. The zero-order valence-corrected chi connectivity index (χ0v) is 7.19. The summed E-state index contributed by atoms with van der Waals surface area (Å²) in [4.78, 5) is 10.6. The van der Waals surface area contributed by atoms with Crippen LogP contribution in [0.3, 0.4) is 0 Å². The van der Waals surface area contributed by atoms with Crippen molar-refractivity contribution in [2.75, 3.05) is 5.88 Å². The standard InChI is InChI=1S/C8H13ClO/c1-3-7(2)4-5-8(10)6-9/h4-5,7H,3,6H2,1-2H3/b5-4+/t7-/m1/s1. The molecule has 0 saturated heterocycles. The van der Waals surface area contributed by atoms with Crippen LogP contribution in [0.2, 0.25) is 0 Å². The quantitative estimate of drug-likeness (QED) is 0.456. The van der Waals surface area contributed by atoms with E-state index in [9.17, 15) is 4.79 Å². The van der Waals surface area contributed by atoms with Crippen molar-refractivity contribution >= 4 is 17.4 Å². The Hall–Kier alpha value is -0.300. The van der Waals surface area contributed by atoms with Gasteiger partial charge in [-0.1, -0.05) is 26.3 Å². The Bertz CT molecular complexity index is 129. The SMILES string of the molecule is CC[C@@H](C)/C=C/C(=O)CCl. The van der Waals surface area contributed by atoms with Crippen molar-refractivity contribution < 1.29 is 4.79 Å². The summed E-state index contributed by atoms with van der Waals surface area (Å²) in [6.45, 7) is 4.15. The van der Waals surface area contributed by atoms with Crippen LogP contribution in [0, 0.1) is 5.92 Å². The fourth-order valence-corrected chi connectivity index (χ4v) is 0.541. The molecule has 0 rings (SSSR count). The second-order valence-corrected chi connectivity index (χ2v) is 2.61. The molecular formula is C8H13ClO. The molecule has 1 atom stereocenters. The number of hydrogen-bond acceptors (Lipinski definition) is 1.